The molecule has 4 rings (SSSR count). The highest BCUT2D eigenvalue weighted by atomic mass is 19.1. The molecule has 29 heavy (non-hydrogen) atoms. The van der Waals surface area contributed by atoms with Gasteiger partial charge < -0.3 is 10.2 Å². The van der Waals surface area contributed by atoms with E-state index in [0.717, 1.165) is 42.4 Å². The van der Waals surface area contributed by atoms with E-state index in [1.54, 1.807) is 12.1 Å². The first-order valence-corrected chi connectivity index (χ1v) is 10.4. The second-order valence-electron chi connectivity index (χ2n) is 8.46. The van der Waals surface area contributed by atoms with E-state index in [4.69, 9.17) is 0 Å². The van der Waals surface area contributed by atoms with Crippen LogP contribution >= 0.6 is 0 Å². The van der Waals surface area contributed by atoms with E-state index in [0.29, 0.717) is 26.1 Å². The molecule has 1 aliphatic carbocycles. The van der Waals surface area contributed by atoms with Crippen molar-refractivity contribution < 1.29 is 14.0 Å². The third-order valence-corrected chi connectivity index (χ3v) is 6.28. The minimum atomic E-state index is -0.280. The largest absolute Gasteiger partial charge is 0.352 e. The first kappa shape index (κ1) is 19.6. The summed E-state index contributed by atoms with van der Waals surface area (Å²) in [5, 5.41) is 2.98. The zero-order valence-corrected chi connectivity index (χ0v) is 16.6. The summed E-state index contributed by atoms with van der Waals surface area (Å²) in [6.07, 6.45) is 5.75. The summed E-state index contributed by atoms with van der Waals surface area (Å²) in [7, 11) is 0. The number of benzene rings is 2. The average molecular weight is 394 g/mol. The number of hydrogen-bond acceptors (Lipinski definition) is 2. The molecule has 1 fully saturated rings. The molecule has 0 radical (unpaired) electrons. The maximum Gasteiger partial charge on any atom is 0.254 e. The van der Waals surface area contributed by atoms with Gasteiger partial charge in [0.1, 0.15) is 5.82 Å². The van der Waals surface area contributed by atoms with Crippen LogP contribution in [0.2, 0.25) is 0 Å². The Morgan fingerprint density at radius 1 is 1.03 bits per heavy atom. The summed E-state index contributed by atoms with van der Waals surface area (Å²) in [6, 6.07) is 13.9. The molecule has 2 amide bonds. The zero-order chi connectivity index (χ0) is 20.3. The fourth-order valence-electron chi connectivity index (χ4n) is 4.75. The van der Waals surface area contributed by atoms with Crippen molar-refractivity contribution in [1.29, 1.82) is 0 Å². The van der Waals surface area contributed by atoms with Gasteiger partial charge in [0, 0.05) is 31.6 Å². The van der Waals surface area contributed by atoms with Gasteiger partial charge in [0.15, 0.2) is 0 Å². The second-order valence-corrected chi connectivity index (χ2v) is 8.46. The predicted octanol–water partition coefficient (Wildman–Crippen LogP) is 4.44. The van der Waals surface area contributed by atoms with Crippen LogP contribution in [0.4, 0.5) is 4.39 Å². The fraction of sp³-hybridized carbons (Fsp3) is 0.417. The second kappa shape index (κ2) is 8.36. The number of hydrogen-bond donors (Lipinski definition) is 1. The molecule has 2 aromatic carbocycles. The van der Waals surface area contributed by atoms with Gasteiger partial charge in [0.05, 0.1) is 0 Å². The Hall–Kier alpha value is -2.69. The van der Waals surface area contributed by atoms with E-state index in [1.807, 2.05) is 29.2 Å². The summed E-state index contributed by atoms with van der Waals surface area (Å²) in [6.45, 7) is 1.65. The van der Waals surface area contributed by atoms with Crippen LogP contribution in [0.5, 0.6) is 0 Å². The fourth-order valence-corrected chi connectivity index (χ4v) is 4.75. The Morgan fingerprint density at radius 2 is 1.76 bits per heavy atom. The lowest BCUT2D eigenvalue weighted by Crippen LogP contribution is -2.42. The molecule has 0 unspecified atom stereocenters. The quantitative estimate of drug-likeness (QED) is 0.788. The van der Waals surface area contributed by atoms with Gasteiger partial charge in [-0.25, -0.2) is 4.39 Å². The number of carbonyl (C=O) groups is 2. The maximum absolute atomic E-state index is 13.0. The Morgan fingerprint density at radius 3 is 2.48 bits per heavy atom. The molecule has 0 spiro atoms. The van der Waals surface area contributed by atoms with Crippen molar-refractivity contribution >= 4 is 11.8 Å². The Labute approximate surface area is 171 Å². The molecular formula is C24H27FN2O2. The first-order valence-electron chi connectivity index (χ1n) is 10.4. The van der Waals surface area contributed by atoms with E-state index < -0.39 is 0 Å². The molecule has 1 N–H and O–H groups in total. The van der Waals surface area contributed by atoms with Gasteiger partial charge in [-0.2, -0.15) is 0 Å². The molecular weight excluding hydrogens is 367 g/mol. The Kier molecular flexibility index (Phi) is 5.65. The minimum absolute atomic E-state index is 0.000357. The van der Waals surface area contributed by atoms with Gasteiger partial charge in [-0.1, -0.05) is 49.6 Å². The van der Waals surface area contributed by atoms with Crippen LogP contribution in [-0.4, -0.2) is 23.3 Å². The molecule has 1 heterocycles. The summed E-state index contributed by atoms with van der Waals surface area (Å²) < 4.78 is 13.0. The topological polar surface area (TPSA) is 49.4 Å². The highest BCUT2D eigenvalue weighted by molar-refractivity contribution is 5.98. The number of rotatable bonds is 6. The molecule has 0 saturated heterocycles. The number of fused-ring (bicyclic) bond motifs is 1. The average Bonchev–Trinajstić information content (AvgIpc) is 3.03. The molecule has 2 aliphatic rings. The highest BCUT2D eigenvalue weighted by Crippen LogP contribution is 2.41. The van der Waals surface area contributed by atoms with E-state index in [-0.39, 0.29) is 23.0 Å². The van der Waals surface area contributed by atoms with Gasteiger partial charge in [0.2, 0.25) is 5.91 Å². The molecule has 1 saturated carbocycles. The number of amides is 2. The van der Waals surface area contributed by atoms with Gasteiger partial charge >= 0.3 is 0 Å². The third-order valence-electron chi connectivity index (χ3n) is 6.28. The first-order chi connectivity index (χ1) is 14.0. The molecule has 0 atom stereocenters. The third kappa shape index (κ3) is 4.50. The lowest BCUT2D eigenvalue weighted by Gasteiger charge is -2.39. The molecule has 2 aromatic rings. The van der Waals surface area contributed by atoms with Crippen molar-refractivity contribution in [3.8, 4) is 0 Å². The predicted molar refractivity (Wildman–Crippen MR) is 110 cm³/mol. The number of nitrogens with one attached hydrogen (secondary N) is 1. The summed E-state index contributed by atoms with van der Waals surface area (Å²) in [5.74, 6) is -0.199. The van der Waals surface area contributed by atoms with Crippen molar-refractivity contribution in [2.75, 3.05) is 6.54 Å². The molecule has 0 aromatic heterocycles. The number of halogens is 1. The molecule has 1 aliphatic heterocycles. The van der Waals surface area contributed by atoms with Crippen molar-refractivity contribution in [2.24, 2.45) is 5.41 Å². The van der Waals surface area contributed by atoms with Gasteiger partial charge in [-0.05, 0) is 47.6 Å². The molecule has 5 heteroatoms. The Balaban J connectivity index is 1.41. The SMILES string of the molecule is O=C(CC1(CN2Cc3ccccc3C2=O)CCCCC1)NCc1ccc(F)cc1. The monoisotopic (exact) mass is 394 g/mol. The minimum Gasteiger partial charge on any atom is -0.352 e. The van der Waals surface area contributed by atoms with Crippen LogP contribution in [0.1, 0.15) is 60.0 Å². The van der Waals surface area contributed by atoms with Crippen LogP contribution in [0.3, 0.4) is 0 Å². The number of carbonyl (C=O) groups excluding carboxylic acids is 2. The van der Waals surface area contributed by atoms with E-state index in [9.17, 15) is 14.0 Å². The van der Waals surface area contributed by atoms with Crippen LogP contribution in [0.15, 0.2) is 48.5 Å². The van der Waals surface area contributed by atoms with E-state index in [2.05, 4.69) is 5.32 Å². The van der Waals surface area contributed by atoms with Gasteiger partial charge in [-0.3, -0.25) is 9.59 Å². The molecule has 0 bridgehead atoms. The summed E-state index contributed by atoms with van der Waals surface area (Å²) in [4.78, 5) is 27.5. The highest BCUT2D eigenvalue weighted by Gasteiger charge is 2.39. The van der Waals surface area contributed by atoms with E-state index in [1.165, 1.54) is 18.6 Å². The Bertz CT molecular complexity index is 888. The summed E-state index contributed by atoms with van der Waals surface area (Å²) in [5.41, 5.74) is 2.58. The van der Waals surface area contributed by atoms with Crippen molar-refractivity contribution in [3.05, 3.63) is 71.0 Å². The maximum atomic E-state index is 13.0. The lowest BCUT2D eigenvalue weighted by atomic mass is 9.71. The van der Waals surface area contributed by atoms with Crippen molar-refractivity contribution in [3.63, 3.8) is 0 Å². The molecule has 4 nitrogen and oxygen atoms in total. The summed E-state index contributed by atoms with van der Waals surface area (Å²) >= 11 is 0. The van der Waals surface area contributed by atoms with Crippen LogP contribution in [-0.2, 0) is 17.9 Å². The van der Waals surface area contributed by atoms with Crippen LogP contribution in [0, 0.1) is 11.2 Å². The van der Waals surface area contributed by atoms with Crippen LogP contribution in [0.25, 0.3) is 0 Å². The standard InChI is InChI=1S/C24H27FN2O2/c25-20-10-8-18(9-11-20)15-26-22(28)14-24(12-4-1-5-13-24)17-27-16-19-6-2-3-7-21(19)23(27)29/h2-3,6-11H,1,4-5,12-17H2,(H,26,28). The van der Waals surface area contributed by atoms with Gasteiger partial charge in [0.25, 0.3) is 5.91 Å². The van der Waals surface area contributed by atoms with Gasteiger partial charge in [-0.15, -0.1) is 0 Å². The smallest absolute Gasteiger partial charge is 0.254 e. The van der Waals surface area contributed by atoms with Crippen LogP contribution < -0.4 is 5.32 Å². The zero-order valence-electron chi connectivity index (χ0n) is 16.6. The normalized spacial score (nSPS) is 17.8. The van der Waals surface area contributed by atoms with Crippen molar-refractivity contribution in [1.82, 2.24) is 10.2 Å². The van der Waals surface area contributed by atoms with Crippen molar-refractivity contribution in [2.45, 2.75) is 51.6 Å². The number of nitrogens with zero attached hydrogens (tertiary/aromatic N) is 1. The molecule has 152 valence electrons. The van der Waals surface area contributed by atoms with E-state index >= 15 is 0 Å². The lowest BCUT2D eigenvalue weighted by molar-refractivity contribution is -0.124.